The SMILES string of the molecule is COc1ccc(NC(=O)c2csc(Nc3ccc(OC(F)(F)F)cc3)n2)cc1Cl. The van der Waals surface area contributed by atoms with Crippen molar-refractivity contribution in [3.05, 3.63) is 58.6 Å². The van der Waals surface area contributed by atoms with Crippen molar-refractivity contribution in [2.24, 2.45) is 0 Å². The van der Waals surface area contributed by atoms with Gasteiger partial charge >= 0.3 is 6.36 Å². The van der Waals surface area contributed by atoms with Gasteiger partial charge in [-0.1, -0.05) is 11.6 Å². The van der Waals surface area contributed by atoms with E-state index in [-0.39, 0.29) is 11.4 Å². The minimum Gasteiger partial charge on any atom is -0.495 e. The van der Waals surface area contributed by atoms with E-state index in [9.17, 15) is 18.0 Å². The molecule has 1 heterocycles. The highest BCUT2D eigenvalue weighted by Gasteiger charge is 2.30. The molecule has 3 rings (SSSR count). The maximum Gasteiger partial charge on any atom is 0.573 e. The van der Waals surface area contributed by atoms with E-state index in [1.807, 2.05) is 0 Å². The number of amides is 1. The average Bonchev–Trinajstić information content (AvgIpc) is 3.11. The first-order chi connectivity index (χ1) is 13.7. The molecule has 1 amide bonds. The molecule has 0 radical (unpaired) electrons. The summed E-state index contributed by atoms with van der Waals surface area (Å²) in [7, 11) is 1.49. The van der Waals surface area contributed by atoms with Crippen LogP contribution in [0.15, 0.2) is 47.8 Å². The van der Waals surface area contributed by atoms with E-state index in [1.165, 1.54) is 42.7 Å². The first-order valence-corrected chi connectivity index (χ1v) is 9.22. The summed E-state index contributed by atoms with van der Waals surface area (Å²) in [5.74, 6) is -0.290. The molecule has 0 fully saturated rings. The van der Waals surface area contributed by atoms with Crippen molar-refractivity contribution in [2.45, 2.75) is 6.36 Å². The highest BCUT2D eigenvalue weighted by atomic mass is 35.5. The molecule has 0 aliphatic carbocycles. The molecule has 2 aromatic carbocycles. The Hall–Kier alpha value is -2.98. The van der Waals surface area contributed by atoms with E-state index >= 15 is 0 Å². The van der Waals surface area contributed by atoms with Gasteiger partial charge in [0, 0.05) is 16.8 Å². The standard InChI is InChI=1S/C18H13ClF3N3O3S/c1-27-15-7-4-11(8-13(15)19)23-16(26)14-9-29-17(25-14)24-10-2-5-12(6-3-10)28-18(20,21)22/h2-9H,1H3,(H,23,26)(H,24,25). The van der Waals surface area contributed by atoms with Crippen LogP contribution in [0.3, 0.4) is 0 Å². The van der Waals surface area contributed by atoms with Gasteiger partial charge in [0.2, 0.25) is 0 Å². The summed E-state index contributed by atoms with van der Waals surface area (Å²) < 4.78 is 45.4. The topological polar surface area (TPSA) is 72.5 Å². The molecular formula is C18H13ClF3N3O3S. The lowest BCUT2D eigenvalue weighted by atomic mass is 10.3. The van der Waals surface area contributed by atoms with Crippen molar-refractivity contribution in [3.63, 3.8) is 0 Å². The van der Waals surface area contributed by atoms with Crippen molar-refractivity contribution in [3.8, 4) is 11.5 Å². The second kappa shape index (κ2) is 8.58. The second-order valence-corrected chi connectivity index (χ2v) is 6.80. The summed E-state index contributed by atoms with van der Waals surface area (Å²) in [4.78, 5) is 16.5. The Morgan fingerprint density at radius 3 is 2.45 bits per heavy atom. The van der Waals surface area contributed by atoms with Gasteiger partial charge in [-0.15, -0.1) is 24.5 Å². The summed E-state index contributed by atoms with van der Waals surface area (Å²) in [6, 6.07) is 9.96. The van der Waals surface area contributed by atoms with Crippen LogP contribution in [-0.4, -0.2) is 24.4 Å². The molecule has 0 saturated carbocycles. The van der Waals surface area contributed by atoms with Gasteiger partial charge in [-0.3, -0.25) is 4.79 Å². The predicted molar refractivity (Wildman–Crippen MR) is 104 cm³/mol. The molecule has 0 bridgehead atoms. The number of rotatable bonds is 6. The number of thiazole rings is 1. The van der Waals surface area contributed by atoms with Crippen LogP contribution in [0.1, 0.15) is 10.5 Å². The summed E-state index contributed by atoms with van der Waals surface area (Å²) in [5, 5.41) is 7.87. The molecule has 29 heavy (non-hydrogen) atoms. The highest BCUT2D eigenvalue weighted by Crippen LogP contribution is 2.28. The molecule has 0 atom stereocenters. The molecule has 0 aliphatic heterocycles. The fraction of sp³-hybridized carbons (Fsp3) is 0.111. The lowest BCUT2D eigenvalue weighted by Gasteiger charge is -2.09. The number of methoxy groups -OCH3 is 1. The van der Waals surface area contributed by atoms with Gasteiger partial charge in [0.1, 0.15) is 17.2 Å². The fourth-order valence-electron chi connectivity index (χ4n) is 2.24. The predicted octanol–water partition coefficient (Wildman–Crippen LogP) is 5.70. The molecule has 2 N–H and O–H groups in total. The van der Waals surface area contributed by atoms with Gasteiger partial charge in [0.15, 0.2) is 5.13 Å². The first-order valence-electron chi connectivity index (χ1n) is 7.97. The molecule has 0 unspecified atom stereocenters. The number of ether oxygens (including phenoxy) is 2. The lowest BCUT2D eigenvalue weighted by molar-refractivity contribution is -0.274. The molecule has 11 heteroatoms. The largest absolute Gasteiger partial charge is 0.573 e. The zero-order valence-electron chi connectivity index (χ0n) is 14.7. The van der Waals surface area contributed by atoms with Crippen molar-refractivity contribution in [2.75, 3.05) is 17.7 Å². The number of nitrogens with one attached hydrogen (secondary N) is 2. The quantitative estimate of drug-likeness (QED) is 0.511. The van der Waals surface area contributed by atoms with E-state index in [0.29, 0.717) is 27.3 Å². The molecule has 0 saturated heterocycles. The Balaban J connectivity index is 1.63. The zero-order valence-corrected chi connectivity index (χ0v) is 16.3. The average molecular weight is 444 g/mol. The molecule has 1 aromatic heterocycles. The van der Waals surface area contributed by atoms with Gasteiger partial charge in [-0.2, -0.15) is 0 Å². The van der Waals surface area contributed by atoms with Crippen LogP contribution >= 0.6 is 22.9 Å². The number of aromatic nitrogens is 1. The molecule has 3 aromatic rings. The summed E-state index contributed by atoms with van der Waals surface area (Å²) in [6.07, 6.45) is -4.75. The summed E-state index contributed by atoms with van der Waals surface area (Å²) in [5.41, 5.74) is 1.13. The summed E-state index contributed by atoms with van der Waals surface area (Å²) >= 11 is 7.20. The monoisotopic (exact) mass is 443 g/mol. The Morgan fingerprint density at radius 2 is 1.83 bits per heavy atom. The van der Waals surface area contributed by atoms with E-state index in [1.54, 1.807) is 23.6 Å². The molecule has 6 nitrogen and oxygen atoms in total. The van der Waals surface area contributed by atoms with Crippen molar-refractivity contribution in [1.29, 1.82) is 0 Å². The van der Waals surface area contributed by atoms with Crippen LogP contribution in [0.4, 0.5) is 29.7 Å². The maximum absolute atomic E-state index is 12.3. The van der Waals surface area contributed by atoms with Gasteiger partial charge < -0.3 is 20.1 Å². The third-order valence-electron chi connectivity index (χ3n) is 3.49. The third-order valence-corrected chi connectivity index (χ3v) is 4.54. The molecule has 152 valence electrons. The van der Waals surface area contributed by atoms with Gasteiger partial charge in [0.05, 0.1) is 12.1 Å². The number of alkyl halides is 3. The van der Waals surface area contributed by atoms with E-state index < -0.39 is 12.3 Å². The third kappa shape index (κ3) is 5.75. The number of anilines is 3. The number of halogens is 4. The van der Waals surface area contributed by atoms with E-state index in [2.05, 4.69) is 20.4 Å². The minimum atomic E-state index is -4.75. The van der Waals surface area contributed by atoms with Gasteiger partial charge in [-0.25, -0.2) is 4.98 Å². The Bertz CT molecular complexity index is 1010. The van der Waals surface area contributed by atoms with Gasteiger partial charge in [0.25, 0.3) is 5.91 Å². The van der Waals surface area contributed by atoms with E-state index in [4.69, 9.17) is 16.3 Å². The van der Waals surface area contributed by atoms with Crippen LogP contribution in [0.2, 0.25) is 5.02 Å². The van der Waals surface area contributed by atoms with Gasteiger partial charge in [-0.05, 0) is 42.5 Å². The van der Waals surface area contributed by atoms with E-state index in [0.717, 1.165) is 0 Å². The van der Waals surface area contributed by atoms with Crippen LogP contribution in [-0.2, 0) is 0 Å². The molecular weight excluding hydrogens is 431 g/mol. The number of hydrogen-bond donors (Lipinski definition) is 2. The van der Waals surface area contributed by atoms with Crippen molar-refractivity contribution < 1.29 is 27.4 Å². The second-order valence-electron chi connectivity index (χ2n) is 5.54. The van der Waals surface area contributed by atoms with Crippen molar-refractivity contribution >= 4 is 45.4 Å². The highest BCUT2D eigenvalue weighted by molar-refractivity contribution is 7.14. The molecule has 0 aliphatic rings. The number of carbonyl (C=O) groups excluding carboxylic acids is 1. The number of benzene rings is 2. The van der Waals surface area contributed by atoms with Crippen LogP contribution < -0.4 is 20.1 Å². The number of hydrogen-bond acceptors (Lipinski definition) is 6. The lowest BCUT2D eigenvalue weighted by Crippen LogP contribution is -2.16. The Morgan fingerprint density at radius 1 is 1.14 bits per heavy atom. The zero-order chi connectivity index (χ0) is 21.0. The molecule has 0 spiro atoms. The number of carbonyl (C=O) groups is 1. The smallest absolute Gasteiger partial charge is 0.495 e. The maximum atomic E-state index is 12.3. The first kappa shape index (κ1) is 20.7. The Kier molecular flexibility index (Phi) is 6.14. The van der Waals surface area contributed by atoms with Crippen LogP contribution in [0, 0.1) is 0 Å². The van der Waals surface area contributed by atoms with Crippen LogP contribution in [0.25, 0.3) is 0 Å². The number of nitrogens with zero attached hydrogens (tertiary/aromatic N) is 1. The fourth-order valence-corrected chi connectivity index (χ4v) is 3.21. The summed E-state index contributed by atoms with van der Waals surface area (Å²) in [6.45, 7) is 0. The van der Waals surface area contributed by atoms with Crippen molar-refractivity contribution in [1.82, 2.24) is 4.98 Å². The normalized spacial score (nSPS) is 11.1. The minimum absolute atomic E-state index is 0.168. The van der Waals surface area contributed by atoms with Crippen LogP contribution in [0.5, 0.6) is 11.5 Å². The Labute approximate surface area is 172 Å².